The number of rotatable bonds is 2. The summed E-state index contributed by atoms with van der Waals surface area (Å²) in [6.07, 6.45) is 0. The quantitative estimate of drug-likeness (QED) is 0.753. The first-order chi connectivity index (χ1) is 8.33. The van der Waals surface area contributed by atoms with E-state index in [4.69, 9.17) is 11.6 Å². The summed E-state index contributed by atoms with van der Waals surface area (Å²) >= 11 is 5.82. The van der Waals surface area contributed by atoms with Gasteiger partial charge in [-0.2, -0.15) is 0 Å². The predicted octanol–water partition coefficient (Wildman–Crippen LogP) is 4.10. The highest BCUT2D eigenvalue weighted by molar-refractivity contribution is 6.16. The Balaban J connectivity index is 2.71. The molecule has 0 bridgehead atoms. The number of hydrogen-bond acceptors (Lipinski definition) is 1. The van der Waals surface area contributed by atoms with Crippen LogP contribution in [0.2, 0.25) is 0 Å². The molecule has 2 nitrogen and oxygen atoms in total. The number of benzene rings is 1. The van der Waals surface area contributed by atoms with E-state index in [2.05, 4.69) is 4.98 Å². The molecule has 1 aromatic heterocycles. The van der Waals surface area contributed by atoms with E-state index in [1.54, 1.807) is 4.57 Å². The van der Waals surface area contributed by atoms with Crippen LogP contribution in [0.25, 0.3) is 11.0 Å². The number of imidazole rings is 1. The molecule has 0 saturated carbocycles. The van der Waals surface area contributed by atoms with Crippen LogP contribution in [0.3, 0.4) is 0 Å². The van der Waals surface area contributed by atoms with Gasteiger partial charge in [-0.15, -0.1) is 11.6 Å². The van der Waals surface area contributed by atoms with Crippen molar-refractivity contribution in [1.82, 2.24) is 9.55 Å². The van der Waals surface area contributed by atoms with E-state index in [-0.39, 0.29) is 16.8 Å². The molecule has 0 aliphatic carbocycles. The fourth-order valence-corrected chi connectivity index (χ4v) is 2.16. The molecule has 18 heavy (non-hydrogen) atoms. The molecule has 98 valence electrons. The van der Waals surface area contributed by atoms with Gasteiger partial charge in [-0.05, 0) is 17.5 Å². The predicted molar refractivity (Wildman–Crippen MR) is 68.7 cm³/mol. The van der Waals surface area contributed by atoms with Crippen LogP contribution in [0, 0.1) is 17.0 Å². The van der Waals surface area contributed by atoms with Gasteiger partial charge in [-0.3, -0.25) is 0 Å². The zero-order valence-corrected chi connectivity index (χ0v) is 11.4. The molecule has 0 aliphatic rings. The fourth-order valence-electron chi connectivity index (χ4n) is 1.95. The average Bonchev–Trinajstić information content (AvgIpc) is 2.60. The normalized spacial score (nSPS) is 12.3. The zero-order valence-electron chi connectivity index (χ0n) is 10.6. The molecule has 0 fully saturated rings. The summed E-state index contributed by atoms with van der Waals surface area (Å²) in [5.41, 5.74) is 0.557. The summed E-state index contributed by atoms with van der Waals surface area (Å²) in [5, 5.41) is 0. The molecule has 1 heterocycles. The van der Waals surface area contributed by atoms with E-state index in [0.29, 0.717) is 17.9 Å². The highest BCUT2D eigenvalue weighted by atomic mass is 35.5. The highest BCUT2D eigenvalue weighted by Gasteiger charge is 2.20. The Morgan fingerprint density at radius 2 is 1.94 bits per heavy atom. The molecular formula is C13H15ClF2N2. The molecule has 1 aromatic carbocycles. The molecular weight excluding hydrogens is 258 g/mol. The molecule has 2 aromatic rings. The van der Waals surface area contributed by atoms with E-state index in [1.165, 1.54) is 6.07 Å². The lowest BCUT2D eigenvalue weighted by atomic mass is 9.97. The lowest BCUT2D eigenvalue weighted by molar-refractivity contribution is 0.342. The number of hydrogen-bond donors (Lipinski definition) is 0. The molecule has 5 heteroatoms. The number of fused-ring (bicyclic) bond motifs is 1. The van der Waals surface area contributed by atoms with Crippen molar-refractivity contribution in [2.75, 3.05) is 0 Å². The van der Waals surface area contributed by atoms with Gasteiger partial charge in [0.2, 0.25) is 0 Å². The van der Waals surface area contributed by atoms with Gasteiger partial charge in [-0.25, -0.2) is 13.8 Å². The Morgan fingerprint density at radius 1 is 1.28 bits per heavy atom. The second kappa shape index (κ2) is 4.50. The Hall–Kier alpha value is -1.16. The summed E-state index contributed by atoms with van der Waals surface area (Å²) in [7, 11) is 0. The van der Waals surface area contributed by atoms with E-state index in [0.717, 1.165) is 6.07 Å². The largest absolute Gasteiger partial charge is 0.324 e. The van der Waals surface area contributed by atoms with Crippen molar-refractivity contribution < 1.29 is 8.78 Å². The molecule has 2 rings (SSSR count). The van der Waals surface area contributed by atoms with Gasteiger partial charge in [0.15, 0.2) is 11.6 Å². The summed E-state index contributed by atoms with van der Waals surface area (Å²) in [6.45, 7) is 6.60. The highest BCUT2D eigenvalue weighted by Crippen LogP contribution is 2.26. The van der Waals surface area contributed by atoms with Crippen molar-refractivity contribution >= 4 is 22.6 Å². The maximum atomic E-state index is 13.9. The third-order valence-electron chi connectivity index (χ3n) is 2.63. The van der Waals surface area contributed by atoms with Gasteiger partial charge in [-0.1, -0.05) is 20.8 Å². The van der Waals surface area contributed by atoms with E-state index in [9.17, 15) is 8.78 Å². The summed E-state index contributed by atoms with van der Waals surface area (Å²) in [5.74, 6) is -0.989. The lowest BCUT2D eigenvalue weighted by Gasteiger charge is -2.21. The minimum Gasteiger partial charge on any atom is -0.324 e. The maximum Gasteiger partial charge on any atom is 0.184 e. The zero-order chi connectivity index (χ0) is 13.5. The molecule has 0 N–H and O–H groups in total. The van der Waals surface area contributed by atoms with Crippen LogP contribution in [-0.2, 0) is 12.4 Å². The van der Waals surface area contributed by atoms with Crippen molar-refractivity contribution in [1.29, 1.82) is 0 Å². The van der Waals surface area contributed by atoms with Crippen LogP contribution in [0.15, 0.2) is 12.1 Å². The lowest BCUT2D eigenvalue weighted by Crippen LogP contribution is -2.17. The minimum atomic E-state index is -0.862. The molecule has 0 spiro atoms. The van der Waals surface area contributed by atoms with Crippen LogP contribution in [0.1, 0.15) is 26.6 Å². The number of nitrogens with zero attached hydrogens (tertiary/aromatic N) is 2. The second-order valence-electron chi connectivity index (χ2n) is 5.54. The first-order valence-electron chi connectivity index (χ1n) is 5.72. The first-order valence-corrected chi connectivity index (χ1v) is 6.26. The standard InChI is InChI=1S/C13H15ClF2N2/c1-13(2,3)7-18-10(6-14)17-9-5-4-8(15)11(16)12(9)18/h4-5H,6-7H2,1-3H3. The van der Waals surface area contributed by atoms with Gasteiger partial charge in [0.25, 0.3) is 0 Å². The van der Waals surface area contributed by atoms with Crippen molar-refractivity contribution in [3.05, 3.63) is 29.6 Å². The Kier molecular flexibility index (Phi) is 3.32. The van der Waals surface area contributed by atoms with Crippen LogP contribution >= 0.6 is 11.6 Å². The maximum absolute atomic E-state index is 13.9. The van der Waals surface area contributed by atoms with E-state index in [1.807, 2.05) is 20.8 Å². The van der Waals surface area contributed by atoms with Crippen LogP contribution < -0.4 is 0 Å². The van der Waals surface area contributed by atoms with Crippen LogP contribution in [0.5, 0.6) is 0 Å². The van der Waals surface area contributed by atoms with E-state index >= 15 is 0 Å². The second-order valence-corrected chi connectivity index (χ2v) is 5.80. The monoisotopic (exact) mass is 272 g/mol. The van der Waals surface area contributed by atoms with Crippen molar-refractivity contribution in [2.45, 2.75) is 33.2 Å². The van der Waals surface area contributed by atoms with Gasteiger partial charge in [0, 0.05) is 6.54 Å². The van der Waals surface area contributed by atoms with Gasteiger partial charge >= 0.3 is 0 Å². The first kappa shape index (κ1) is 13.3. The molecule has 0 aliphatic heterocycles. The third kappa shape index (κ3) is 2.34. The minimum absolute atomic E-state index is 0.0762. The van der Waals surface area contributed by atoms with Crippen molar-refractivity contribution in [2.24, 2.45) is 5.41 Å². The van der Waals surface area contributed by atoms with E-state index < -0.39 is 11.6 Å². The Bertz CT molecular complexity index is 585. The average molecular weight is 273 g/mol. The molecule has 0 saturated heterocycles. The smallest absolute Gasteiger partial charge is 0.184 e. The van der Waals surface area contributed by atoms with Crippen LogP contribution in [0.4, 0.5) is 8.78 Å². The Labute approximate surface area is 110 Å². The SMILES string of the molecule is CC(C)(C)Cn1c(CCl)nc2ccc(F)c(F)c21. The summed E-state index contributed by atoms with van der Waals surface area (Å²) in [6, 6.07) is 2.56. The number of aromatic nitrogens is 2. The molecule has 0 unspecified atom stereocenters. The summed E-state index contributed by atoms with van der Waals surface area (Å²) in [4.78, 5) is 4.24. The van der Waals surface area contributed by atoms with Gasteiger partial charge in [0.05, 0.1) is 11.4 Å². The van der Waals surface area contributed by atoms with Crippen molar-refractivity contribution in [3.63, 3.8) is 0 Å². The third-order valence-corrected chi connectivity index (χ3v) is 2.87. The molecule has 0 amide bonds. The fraction of sp³-hybridized carbons (Fsp3) is 0.462. The topological polar surface area (TPSA) is 17.8 Å². The van der Waals surface area contributed by atoms with Gasteiger partial charge < -0.3 is 4.57 Å². The number of halogens is 3. The molecule has 0 radical (unpaired) electrons. The number of alkyl halides is 1. The summed E-state index contributed by atoms with van der Waals surface area (Å²) < 4.78 is 28.9. The van der Waals surface area contributed by atoms with Crippen molar-refractivity contribution in [3.8, 4) is 0 Å². The molecule has 0 atom stereocenters. The van der Waals surface area contributed by atoms with Gasteiger partial charge in [0.1, 0.15) is 11.3 Å². The Morgan fingerprint density at radius 3 is 2.50 bits per heavy atom. The van der Waals surface area contributed by atoms with Crippen LogP contribution in [-0.4, -0.2) is 9.55 Å².